The predicted molar refractivity (Wildman–Crippen MR) is 104 cm³/mol. The van der Waals surface area contributed by atoms with Crippen molar-refractivity contribution in [3.05, 3.63) is 58.1 Å². The molecule has 0 aliphatic rings. The minimum Gasteiger partial charge on any atom is -0.496 e. The van der Waals surface area contributed by atoms with E-state index in [1.54, 1.807) is 31.4 Å². The van der Waals surface area contributed by atoms with E-state index in [-0.39, 0.29) is 23.3 Å². The van der Waals surface area contributed by atoms with Crippen LogP contribution in [0.4, 0.5) is 4.39 Å². The minimum absolute atomic E-state index is 0.0831. The lowest BCUT2D eigenvalue weighted by atomic mass is 10.1. The number of nitrogens with zero attached hydrogens (tertiary/aromatic N) is 2. The second kappa shape index (κ2) is 8.35. The first-order valence-electron chi connectivity index (χ1n) is 8.48. The lowest BCUT2D eigenvalue weighted by Crippen LogP contribution is -2.23. The highest BCUT2D eigenvalue weighted by Gasteiger charge is 2.15. The highest BCUT2D eigenvalue weighted by atomic mass is 32.1. The topological polar surface area (TPSA) is 69.9 Å². The van der Waals surface area contributed by atoms with E-state index in [0.29, 0.717) is 4.70 Å². The fourth-order valence-corrected chi connectivity index (χ4v) is 3.94. The zero-order valence-corrected chi connectivity index (χ0v) is 16.5. The average Bonchev–Trinajstić information content (AvgIpc) is 3.00. The van der Waals surface area contributed by atoms with Crippen LogP contribution >= 0.6 is 11.3 Å². The van der Waals surface area contributed by atoms with Crippen LogP contribution in [-0.2, 0) is 27.3 Å². The number of hydrogen-bond acceptors (Lipinski definition) is 5. The van der Waals surface area contributed by atoms with E-state index in [1.807, 2.05) is 13.0 Å². The van der Waals surface area contributed by atoms with Crippen LogP contribution in [-0.4, -0.2) is 30.7 Å². The maximum Gasteiger partial charge on any atom is 0.325 e. The van der Waals surface area contributed by atoms with Crippen LogP contribution < -0.4 is 9.54 Å². The van der Waals surface area contributed by atoms with Gasteiger partial charge in [-0.15, -0.1) is 0 Å². The summed E-state index contributed by atoms with van der Waals surface area (Å²) in [5, 5.41) is 0. The lowest BCUT2D eigenvalue weighted by molar-refractivity contribution is -0.141. The predicted octanol–water partition coefficient (Wildman–Crippen LogP) is 3.00. The molecule has 146 valence electrons. The fourth-order valence-electron chi connectivity index (χ4n) is 2.88. The Bertz CT molecular complexity index is 1120. The molecule has 1 aromatic heterocycles. The SMILES string of the molecule is COC(=O)Cn1c(=NC(=O)Cc2ccc(OC)c(C)c2)sc2cccc(F)c21. The number of hydrogen-bond donors (Lipinski definition) is 0. The van der Waals surface area contributed by atoms with Crippen molar-refractivity contribution in [1.82, 2.24) is 4.57 Å². The van der Waals surface area contributed by atoms with Gasteiger partial charge in [0.1, 0.15) is 18.1 Å². The van der Waals surface area contributed by atoms with Gasteiger partial charge in [-0.2, -0.15) is 4.99 Å². The summed E-state index contributed by atoms with van der Waals surface area (Å²) < 4.78 is 26.2. The van der Waals surface area contributed by atoms with Crippen molar-refractivity contribution >= 4 is 33.4 Å². The molecule has 0 fully saturated rings. The van der Waals surface area contributed by atoms with Crippen LogP contribution in [0.25, 0.3) is 10.2 Å². The van der Waals surface area contributed by atoms with Crippen molar-refractivity contribution in [2.75, 3.05) is 14.2 Å². The Kier molecular flexibility index (Phi) is 5.89. The number of aromatic nitrogens is 1. The van der Waals surface area contributed by atoms with Crippen LogP contribution in [0.2, 0.25) is 0 Å². The van der Waals surface area contributed by atoms with E-state index >= 15 is 0 Å². The zero-order chi connectivity index (χ0) is 20.3. The van der Waals surface area contributed by atoms with Gasteiger partial charge in [0.15, 0.2) is 4.80 Å². The molecule has 0 N–H and O–H groups in total. The van der Waals surface area contributed by atoms with Crippen LogP contribution in [0.5, 0.6) is 5.75 Å². The van der Waals surface area contributed by atoms with Crippen LogP contribution in [0, 0.1) is 12.7 Å². The number of methoxy groups -OCH3 is 2. The summed E-state index contributed by atoms with van der Waals surface area (Å²) in [6, 6.07) is 10.0. The monoisotopic (exact) mass is 402 g/mol. The number of carbonyl (C=O) groups is 2. The van der Waals surface area contributed by atoms with Crippen molar-refractivity contribution in [3.8, 4) is 5.75 Å². The molecule has 0 saturated carbocycles. The van der Waals surface area contributed by atoms with Crippen molar-refractivity contribution in [2.24, 2.45) is 4.99 Å². The number of para-hydroxylation sites is 1. The van der Waals surface area contributed by atoms with Crippen LogP contribution in [0.15, 0.2) is 41.4 Å². The van der Waals surface area contributed by atoms with Gasteiger partial charge in [0, 0.05) is 0 Å². The maximum absolute atomic E-state index is 14.3. The lowest BCUT2D eigenvalue weighted by Gasteiger charge is -2.06. The molecule has 0 bridgehead atoms. The van der Waals surface area contributed by atoms with Gasteiger partial charge in [0.25, 0.3) is 5.91 Å². The number of thiazole rings is 1. The van der Waals surface area contributed by atoms with E-state index in [0.717, 1.165) is 28.2 Å². The molecule has 0 radical (unpaired) electrons. The maximum atomic E-state index is 14.3. The number of rotatable bonds is 5. The summed E-state index contributed by atoms with van der Waals surface area (Å²) in [7, 11) is 2.84. The Hall–Kier alpha value is -3.00. The normalized spacial score (nSPS) is 11.6. The molecule has 0 atom stereocenters. The molecule has 6 nitrogen and oxygen atoms in total. The number of esters is 1. The highest BCUT2D eigenvalue weighted by Crippen LogP contribution is 2.21. The highest BCUT2D eigenvalue weighted by molar-refractivity contribution is 7.16. The number of halogens is 1. The molecule has 1 heterocycles. The van der Waals surface area contributed by atoms with Gasteiger partial charge >= 0.3 is 5.97 Å². The number of amides is 1. The standard InChI is InChI=1S/C20H19FN2O4S/c1-12-9-13(7-8-15(12)26-2)10-17(24)22-20-23(11-18(25)27-3)19-14(21)5-4-6-16(19)28-20/h4-9H,10-11H2,1-3H3. The van der Waals surface area contributed by atoms with Gasteiger partial charge in [-0.05, 0) is 36.2 Å². The van der Waals surface area contributed by atoms with Crippen molar-refractivity contribution in [3.63, 3.8) is 0 Å². The first-order chi connectivity index (χ1) is 13.4. The number of benzene rings is 2. The van der Waals surface area contributed by atoms with Gasteiger partial charge in [-0.3, -0.25) is 9.59 Å². The number of ether oxygens (including phenoxy) is 2. The molecule has 8 heteroatoms. The Morgan fingerprint density at radius 2 is 2.00 bits per heavy atom. The average molecular weight is 402 g/mol. The van der Waals surface area contributed by atoms with Crippen LogP contribution in [0.3, 0.4) is 0 Å². The van der Waals surface area contributed by atoms with E-state index < -0.39 is 17.7 Å². The summed E-state index contributed by atoms with van der Waals surface area (Å²) >= 11 is 1.15. The molecule has 2 aromatic carbocycles. The molecule has 0 spiro atoms. The third-order valence-electron chi connectivity index (χ3n) is 4.20. The number of fused-ring (bicyclic) bond motifs is 1. The van der Waals surface area contributed by atoms with Gasteiger partial charge < -0.3 is 14.0 Å². The molecule has 0 saturated heterocycles. The number of aryl methyl sites for hydroxylation is 1. The van der Waals surface area contributed by atoms with Crippen LogP contribution in [0.1, 0.15) is 11.1 Å². The second-order valence-corrected chi connectivity index (χ2v) is 7.13. The van der Waals surface area contributed by atoms with Gasteiger partial charge in [-0.25, -0.2) is 4.39 Å². The molecule has 0 aliphatic carbocycles. The van der Waals surface area contributed by atoms with Crippen molar-refractivity contribution < 1.29 is 23.5 Å². The second-order valence-electron chi connectivity index (χ2n) is 6.12. The molecule has 0 unspecified atom stereocenters. The smallest absolute Gasteiger partial charge is 0.325 e. The Morgan fingerprint density at radius 3 is 2.68 bits per heavy atom. The molecular weight excluding hydrogens is 383 g/mol. The third kappa shape index (κ3) is 4.12. The minimum atomic E-state index is -0.553. The van der Waals surface area contributed by atoms with E-state index in [4.69, 9.17) is 4.74 Å². The van der Waals surface area contributed by atoms with Crippen molar-refractivity contribution in [1.29, 1.82) is 0 Å². The quantitative estimate of drug-likeness (QED) is 0.615. The van der Waals surface area contributed by atoms with Gasteiger partial charge in [-0.1, -0.05) is 29.5 Å². The first kappa shape index (κ1) is 19.8. The summed E-state index contributed by atoms with van der Waals surface area (Å²) in [6.45, 7) is 1.66. The molecule has 0 aliphatic heterocycles. The van der Waals surface area contributed by atoms with E-state index in [9.17, 15) is 14.0 Å². The van der Waals surface area contributed by atoms with E-state index in [2.05, 4.69) is 9.73 Å². The Labute approximate surface area is 164 Å². The Morgan fingerprint density at radius 1 is 1.21 bits per heavy atom. The fraction of sp³-hybridized carbons (Fsp3) is 0.250. The third-order valence-corrected chi connectivity index (χ3v) is 5.25. The summed E-state index contributed by atoms with van der Waals surface area (Å²) in [5.74, 6) is -0.695. The van der Waals surface area contributed by atoms with Crippen molar-refractivity contribution in [2.45, 2.75) is 19.9 Å². The molecule has 1 amide bonds. The molecular formula is C20H19FN2O4S. The van der Waals surface area contributed by atoms with Gasteiger partial charge in [0.2, 0.25) is 0 Å². The molecule has 28 heavy (non-hydrogen) atoms. The largest absolute Gasteiger partial charge is 0.496 e. The first-order valence-corrected chi connectivity index (χ1v) is 9.30. The zero-order valence-electron chi connectivity index (χ0n) is 15.7. The summed E-state index contributed by atoms with van der Waals surface area (Å²) in [5.41, 5.74) is 1.93. The summed E-state index contributed by atoms with van der Waals surface area (Å²) in [4.78, 5) is 28.6. The van der Waals surface area contributed by atoms with E-state index in [1.165, 1.54) is 17.7 Å². The molecule has 3 rings (SSSR count). The molecule has 3 aromatic rings. The van der Waals surface area contributed by atoms with Gasteiger partial charge in [0.05, 0.1) is 30.9 Å². The summed E-state index contributed by atoms with van der Waals surface area (Å²) in [6.07, 6.45) is 0.0831. The number of carbonyl (C=O) groups excluding carboxylic acids is 2. The Balaban J connectivity index is 1.99.